The fourth-order valence-corrected chi connectivity index (χ4v) is 5.37. The van der Waals surface area contributed by atoms with E-state index in [9.17, 15) is 18.0 Å². The van der Waals surface area contributed by atoms with Gasteiger partial charge in [-0.15, -0.1) is 0 Å². The molecule has 0 bridgehead atoms. The average Bonchev–Trinajstić information content (AvgIpc) is 3.63. The van der Waals surface area contributed by atoms with Crippen LogP contribution in [0.4, 0.5) is 11.4 Å². The van der Waals surface area contributed by atoms with Gasteiger partial charge in [0.2, 0.25) is 11.8 Å². The van der Waals surface area contributed by atoms with Gasteiger partial charge in [0.1, 0.15) is 0 Å². The second-order valence-corrected chi connectivity index (χ2v) is 9.72. The quantitative estimate of drug-likeness (QED) is 0.701. The maximum atomic E-state index is 13.4. The Balaban J connectivity index is 1.60. The third-order valence-corrected chi connectivity index (χ3v) is 7.60. The SMILES string of the molecule is C=CC(=O)NC1CCN(S(=O)(=O)c2ccc(N(C)C(=O)C3CC3)cc2)c2ccccc21. The zero-order chi connectivity index (χ0) is 22.2. The molecule has 7 nitrogen and oxygen atoms in total. The van der Waals surface area contributed by atoms with E-state index in [0.717, 1.165) is 18.4 Å². The molecule has 1 N–H and O–H groups in total. The summed E-state index contributed by atoms with van der Waals surface area (Å²) in [4.78, 5) is 25.8. The van der Waals surface area contributed by atoms with Crippen molar-refractivity contribution < 1.29 is 18.0 Å². The molecule has 1 unspecified atom stereocenters. The molecule has 0 radical (unpaired) electrons. The van der Waals surface area contributed by atoms with Gasteiger partial charge < -0.3 is 10.2 Å². The lowest BCUT2D eigenvalue weighted by Gasteiger charge is -2.35. The standard InChI is InChI=1S/C23H25N3O4S/c1-3-22(27)24-20-14-15-26(21-7-5-4-6-19(20)21)31(29,30)18-12-10-17(11-13-18)25(2)23(28)16-8-9-16/h3-7,10-13,16,20H,1,8-9,14-15H2,2H3,(H,24,27). The van der Waals surface area contributed by atoms with Crippen molar-refractivity contribution in [1.82, 2.24) is 5.32 Å². The number of sulfonamides is 1. The van der Waals surface area contributed by atoms with Crippen LogP contribution in [-0.4, -0.2) is 33.8 Å². The number of fused-ring (bicyclic) bond motifs is 1. The molecule has 8 heteroatoms. The minimum Gasteiger partial charge on any atom is -0.346 e. The number of hydrogen-bond donors (Lipinski definition) is 1. The first-order valence-corrected chi connectivity index (χ1v) is 11.7. The van der Waals surface area contributed by atoms with Crippen LogP contribution in [-0.2, 0) is 19.6 Å². The molecule has 31 heavy (non-hydrogen) atoms. The topological polar surface area (TPSA) is 86.8 Å². The molecule has 0 saturated heterocycles. The van der Waals surface area contributed by atoms with E-state index in [0.29, 0.717) is 17.8 Å². The molecule has 1 atom stereocenters. The van der Waals surface area contributed by atoms with E-state index < -0.39 is 10.0 Å². The number of para-hydroxylation sites is 1. The number of benzene rings is 2. The van der Waals surface area contributed by atoms with Crippen molar-refractivity contribution in [2.24, 2.45) is 5.92 Å². The highest BCUT2D eigenvalue weighted by atomic mass is 32.2. The summed E-state index contributed by atoms with van der Waals surface area (Å²) in [6, 6.07) is 13.3. The summed E-state index contributed by atoms with van der Waals surface area (Å²) in [5.74, 6) is -0.141. The molecule has 1 heterocycles. The number of rotatable bonds is 6. The number of anilines is 2. The minimum atomic E-state index is -3.80. The summed E-state index contributed by atoms with van der Waals surface area (Å²) in [7, 11) is -2.09. The first-order chi connectivity index (χ1) is 14.8. The molecule has 1 saturated carbocycles. The molecule has 0 spiro atoms. The zero-order valence-corrected chi connectivity index (χ0v) is 18.1. The first-order valence-electron chi connectivity index (χ1n) is 10.2. The summed E-state index contributed by atoms with van der Waals surface area (Å²) >= 11 is 0. The van der Waals surface area contributed by atoms with E-state index in [-0.39, 0.29) is 35.2 Å². The highest BCUT2D eigenvalue weighted by molar-refractivity contribution is 7.92. The lowest BCUT2D eigenvalue weighted by atomic mass is 9.98. The highest BCUT2D eigenvalue weighted by Crippen LogP contribution is 2.37. The van der Waals surface area contributed by atoms with Gasteiger partial charge in [-0.3, -0.25) is 13.9 Å². The Bertz CT molecular complexity index is 1120. The molecular formula is C23H25N3O4S. The van der Waals surface area contributed by atoms with Gasteiger partial charge in [0.05, 0.1) is 16.6 Å². The van der Waals surface area contributed by atoms with Crippen LogP contribution in [0.5, 0.6) is 0 Å². The average molecular weight is 440 g/mol. The van der Waals surface area contributed by atoms with E-state index >= 15 is 0 Å². The number of carbonyl (C=O) groups excluding carboxylic acids is 2. The fourth-order valence-electron chi connectivity index (χ4n) is 3.86. The van der Waals surface area contributed by atoms with Gasteiger partial charge in [-0.1, -0.05) is 24.8 Å². The van der Waals surface area contributed by atoms with Crippen LogP contribution in [0.2, 0.25) is 0 Å². The summed E-state index contributed by atoms with van der Waals surface area (Å²) in [6.07, 6.45) is 3.49. The maximum Gasteiger partial charge on any atom is 0.264 e. The van der Waals surface area contributed by atoms with Crippen LogP contribution in [0.25, 0.3) is 0 Å². The van der Waals surface area contributed by atoms with Crippen molar-refractivity contribution in [3.63, 3.8) is 0 Å². The van der Waals surface area contributed by atoms with Crippen molar-refractivity contribution in [2.45, 2.75) is 30.2 Å². The Labute approximate surface area is 182 Å². The number of amides is 2. The number of hydrogen-bond acceptors (Lipinski definition) is 4. The van der Waals surface area contributed by atoms with E-state index in [1.54, 1.807) is 36.2 Å². The Morgan fingerprint density at radius 2 is 1.77 bits per heavy atom. The van der Waals surface area contributed by atoms with Crippen molar-refractivity contribution in [3.05, 3.63) is 66.7 Å². The van der Waals surface area contributed by atoms with Crippen molar-refractivity contribution in [3.8, 4) is 0 Å². The summed E-state index contributed by atoms with van der Waals surface area (Å²) < 4.78 is 28.2. The van der Waals surface area contributed by atoms with Gasteiger partial charge in [0, 0.05) is 25.2 Å². The Morgan fingerprint density at radius 3 is 2.42 bits per heavy atom. The van der Waals surface area contributed by atoms with Gasteiger partial charge in [-0.25, -0.2) is 8.42 Å². The van der Waals surface area contributed by atoms with Crippen LogP contribution >= 0.6 is 0 Å². The number of carbonyl (C=O) groups is 2. The predicted molar refractivity (Wildman–Crippen MR) is 119 cm³/mol. The van der Waals surface area contributed by atoms with Gasteiger partial charge in [0.25, 0.3) is 10.0 Å². The maximum absolute atomic E-state index is 13.4. The molecule has 4 rings (SSSR count). The van der Waals surface area contributed by atoms with E-state index in [4.69, 9.17) is 0 Å². The molecule has 0 aromatic heterocycles. The molecule has 1 aliphatic heterocycles. The molecule has 2 aromatic rings. The van der Waals surface area contributed by atoms with Crippen molar-refractivity contribution in [2.75, 3.05) is 22.8 Å². The minimum absolute atomic E-state index is 0.0631. The second-order valence-electron chi connectivity index (χ2n) is 7.86. The smallest absolute Gasteiger partial charge is 0.264 e. The molecule has 2 amide bonds. The van der Waals surface area contributed by atoms with Gasteiger partial charge in [-0.05, 0) is 61.2 Å². The normalized spacial score (nSPS) is 18.1. The van der Waals surface area contributed by atoms with E-state index in [1.165, 1.54) is 22.5 Å². The van der Waals surface area contributed by atoms with Crippen molar-refractivity contribution >= 4 is 33.2 Å². The second kappa shape index (κ2) is 8.19. The molecule has 2 aromatic carbocycles. The summed E-state index contributed by atoms with van der Waals surface area (Å²) in [5.41, 5.74) is 1.97. The Kier molecular flexibility index (Phi) is 5.58. The third kappa shape index (κ3) is 4.07. The largest absolute Gasteiger partial charge is 0.346 e. The number of nitrogens with zero attached hydrogens (tertiary/aromatic N) is 2. The van der Waals surface area contributed by atoms with Crippen LogP contribution in [0.1, 0.15) is 30.9 Å². The molecule has 1 aliphatic carbocycles. The van der Waals surface area contributed by atoms with Crippen LogP contribution in [0, 0.1) is 5.92 Å². The highest BCUT2D eigenvalue weighted by Gasteiger charge is 2.34. The first kappa shape index (κ1) is 21.1. The van der Waals surface area contributed by atoms with Crippen LogP contribution in [0.3, 0.4) is 0 Å². The van der Waals surface area contributed by atoms with Crippen LogP contribution in [0.15, 0.2) is 66.1 Å². The Hall–Kier alpha value is -3.13. The van der Waals surface area contributed by atoms with Crippen LogP contribution < -0.4 is 14.5 Å². The summed E-state index contributed by atoms with van der Waals surface area (Å²) in [5, 5.41) is 2.87. The molecule has 162 valence electrons. The van der Waals surface area contributed by atoms with Gasteiger partial charge >= 0.3 is 0 Å². The molecule has 1 fully saturated rings. The molecule has 2 aliphatic rings. The number of nitrogens with one attached hydrogen (secondary N) is 1. The summed E-state index contributed by atoms with van der Waals surface area (Å²) in [6.45, 7) is 3.72. The van der Waals surface area contributed by atoms with Gasteiger partial charge in [-0.2, -0.15) is 0 Å². The van der Waals surface area contributed by atoms with Gasteiger partial charge in [0.15, 0.2) is 0 Å². The zero-order valence-electron chi connectivity index (χ0n) is 17.3. The monoisotopic (exact) mass is 439 g/mol. The molecular weight excluding hydrogens is 414 g/mol. The third-order valence-electron chi connectivity index (χ3n) is 5.77. The Morgan fingerprint density at radius 1 is 1.10 bits per heavy atom. The van der Waals surface area contributed by atoms with Crippen molar-refractivity contribution in [1.29, 1.82) is 0 Å². The van der Waals surface area contributed by atoms with E-state index in [1.807, 2.05) is 12.1 Å². The fraction of sp³-hybridized carbons (Fsp3) is 0.304. The van der Waals surface area contributed by atoms with E-state index in [2.05, 4.69) is 11.9 Å². The lowest BCUT2D eigenvalue weighted by Crippen LogP contribution is -2.40. The lowest BCUT2D eigenvalue weighted by molar-refractivity contribution is -0.119. The predicted octanol–water partition coefficient (Wildman–Crippen LogP) is 3.00.